The molecule has 1 unspecified atom stereocenters. The molecular formula is C14H15N3S. The van der Waals surface area contributed by atoms with Crippen LogP contribution in [0.2, 0.25) is 0 Å². The highest BCUT2D eigenvalue weighted by atomic mass is 32.1. The Morgan fingerprint density at radius 2 is 2.39 bits per heavy atom. The van der Waals surface area contributed by atoms with E-state index in [0.717, 1.165) is 23.5 Å². The molecule has 1 aromatic carbocycles. The van der Waals surface area contributed by atoms with Crippen LogP contribution in [0.5, 0.6) is 0 Å². The number of hydrogen-bond donors (Lipinski definition) is 1. The molecule has 18 heavy (non-hydrogen) atoms. The molecule has 92 valence electrons. The second-order valence-corrected chi connectivity index (χ2v) is 4.95. The Labute approximate surface area is 111 Å². The van der Waals surface area contributed by atoms with E-state index in [4.69, 9.17) is 5.26 Å². The lowest BCUT2D eigenvalue weighted by atomic mass is 10.1. The number of thiazole rings is 1. The van der Waals surface area contributed by atoms with Crippen molar-refractivity contribution < 1.29 is 0 Å². The smallest absolute Gasteiger partial charge is 0.109 e. The second-order valence-electron chi connectivity index (χ2n) is 4.02. The molecule has 0 saturated heterocycles. The maximum absolute atomic E-state index is 8.86. The summed E-state index contributed by atoms with van der Waals surface area (Å²) in [5.74, 6) is 0. The molecule has 0 radical (unpaired) electrons. The third-order valence-electron chi connectivity index (χ3n) is 2.77. The zero-order valence-electron chi connectivity index (χ0n) is 10.3. The van der Waals surface area contributed by atoms with Crippen LogP contribution in [-0.2, 0) is 6.54 Å². The summed E-state index contributed by atoms with van der Waals surface area (Å²) < 4.78 is 0. The molecule has 0 aliphatic rings. The van der Waals surface area contributed by atoms with Crippen LogP contribution in [0.1, 0.15) is 35.5 Å². The van der Waals surface area contributed by atoms with E-state index < -0.39 is 0 Å². The predicted octanol–water partition coefficient (Wildman–Crippen LogP) is 3.26. The standard InChI is InChI=1S/C14H15N3S/c1-2-13(14-16-6-7-18-14)17-10-12-5-3-4-11(8-12)9-15/h3-8,13,17H,2,10H2,1H3. The van der Waals surface area contributed by atoms with Gasteiger partial charge >= 0.3 is 0 Å². The van der Waals surface area contributed by atoms with Crippen molar-refractivity contribution in [2.75, 3.05) is 0 Å². The normalized spacial score (nSPS) is 12.0. The number of hydrogen-bond acceptors (Lipinski definition) is 4. The molecular weight excluding hydrogens is 242 g/mol. The predicted molar refractivity (Wildman–Crippen MR) is 73.1 cm³/mol. The van der Waals surface area contributed by atoms with Crippen molar-refractivity contribution in [1.82, 2.24) is 10.3 Å². The molecule has 1 N–H and O–H groups in total. The van der Waals surface area contributed by atoms with Gasteiger partial charge in [-0.05, 0) is 24.1 Å². The van der Waals surface area contributed by atoms with Crippen LogP contribution in [-0.4, -0.2) is 4.98 Å². The van der Waals surface area contributed by atoms with Crippen LogP contribution in [0.4, 0.5) is 0 Å². The molecule has 0 aliphatic heterocycles. The van der Waals surface area contributed by atoms with Crippen molar-refractivity contribution in [3.8, 4) is 6.07 Å². The minimum Gasteiger partial charge on any atom is -0.304 e. The highest BCUT2D eigenvalue weighted by Gasteiger charge is 2.10. The first-order chi connectivity index (χ1) is 8.83. The third-order valence-corrected chi connectivity index (χ3v) is 3.66. The summed E-state index contributed by atoms with van der Waals surface area (Å²) in [5.41, 5.74) is 1.83. The molecule has 0 aliphatic carbocycles. The average molecular weight is 257 g/mol. The van der Waals surface area contributed by atoms with E-state index in [9.17, 15) is 0 Å². The van der Waals surface area contributed by atoms with Crippen molar-refractivity contribution in [2.24, 2.45) is 0 Å². The lowest BCUT2D eigenvalue weighted by molar-refractivity contribution is 0.516. The highest BCUT2D eigenvalue weighted by Crippen LogP contribution is 2.19. The number of aromatic nitrogens is 1. The zero-order chi connectivity index (χ0) is 12.8. The summed E-state index contributed by atoms with van der Waals surface area (Å²) in [7, 11) is 0. The van der Waals surface area contributed by atoms with E-state index >= 15 is 0 Å². The van der Waals surface area contributed by atoms with Crippen molar-refractivity contribution >= 4 is 11.3 Å². The van der Waals surface area contributed by atoms with Gasteiger partial charge in [0.25, 0.3) is 0 Å². The molecule has 0 amide bonds. The Bertz CT molecular complexity index is 528. The van der Waals surface area contributed by atoms with Crippen molar-refractivity contribution in [3.05, 3.63) is 52.0 Å². The maximum atomic E-state index is 8.86. The molecule has 1 heterocycles. The van der Waals surface area contributed by atoms with Crippen LogP contribution < -0.4 is 5.32 Å². The van der Waals surface area contributed by atoms with Crippen molar-refractivity contribution in [1.29, 1.82) is 5.26 Å². The third kappa shape index (κ3) is 3.16. The van der Waals surface area contributed by atoms with Crippen LogP contribution >= 0.6 is 11.3 Å². The fraction of sp³-hybridized carbons (Fsp3) is 0.286. The van der Waals surface area contributed by atoms with Crippen molar-refractivity contribution in [2.45, 2.75) is 25.9 Å². The quantitative estimate of drug-likeness (QED) is 0.894. The Balaban J connectivity index is 2.00. The Hall–Kier alpha value is -1.70. The van der Waals surface area contributed by atoms with Crippen LogP contribution in [0.3, 0.4) is 0 Å². The average Bonchev–Trinajstić information content (AvgIpc) is 2.94. The van der Waals surface area contributed by atoms with E-state index in [0.29, 0.717) is 5.56 Å². The Morgan fingerprint density at radius 3 is 3.06 bits per heavy atom. The fourth-order valence-electron chi connectivity index (χ4n) is 1.80. The molecule has 0 bridgehead atoms. The van der Waals surface area contributed by atoms with E-state index in [1.165, 1.54) is 0 Å². The van der Waals surface area contributed by atoms with Gasteiger partial charge in [-0.3, -0.25) is 0 Å². The van der Waals surface area contributed by atoms with Gasteiger partial charge < -0.3 is 5.32 Å². The number of rotatable bonds is 5. The largest absolute Gasteiger partial charge is 0.304 e. The Morgan fingerprint density at radius 1 is 1.50 bits per heavy atom. The van der Waals surface area contributed by atoms with Gasteiger partial charge in [0, 0.05) is 18.1 Å². The zero-order valence-corrected chi connectivity index (χ0v) is 11.1. The summed E-state index contributed by atoms with van der Waals surface area (Å²) in [4.78, 5) is 4.34. The first-order valence-corrected chi connectivity index (χ1v) is 6.83. The maximum Gasteiger partial charge on any atom is 0.109 e. The summed E-state index contributed by atoms with van der Waals surface area (Å²) in [5, 5.41) is 15.5. The molecule has 4 heteroatoms. The number of nitrogens with one attached hydrogen (secondary N) is 1. The van der Waals surface area contributed by atoms with E-state index in [-0.39, 0.29) is 6.04 Å². The van der Waals surface area contributed by atoms with Crippen LogP contribution in [0.15, 0.2) is 35.8 Å². The van der Waals surface area contributed by atoms with Gasteiger partial charge in [-0.25, -0.2) is 4.98 Å². The number of nitrogens with zero attached hydrogens (tertiary/aromatic N) is 2. The van der Waals surface area contributed by atoms with E-state index in [1.807, 2.05) is 35.8 Å². The lowest BCUT2D eigenvalue weighted by Crippen LogP contribution is -2.20. The lowest BCUT2D eigenvalue weighted by Gasteiger charge is -2.14. The number of nitriles is 1. The van der Waals surface area contributed by atoms with Gasteiger partial charge in [0.1, 0.15) is 5.01 Å². The summed E-state index contributed by atoms with van der Waals surface area (Å²) in [6, 6.07) is 10.1. The molecule has 1 atom stereocenters. The topological polar surface area (TPSA) is 48.7 Å². The Kier molecular flexibility index (Phi) is 4.46. The highest BCUT2D eigenvalue weighted by molar-refractivity contribution is 7.09. The molecule has 3 nitrogen and oxygen atoms in total. The molecule has 1 aromatic heterocycles. The second kappa shape index (κ2) is 6.29. The summed E-state index contributed by atoms with van der Waals surface area (Å²) in [6.45, 7) is 2.90. The number of benzene rings is 1. The van der Waals surface area contributed by atoms with Gasteiger partial charge in [-0.1, -0.05) is 19.1 Å². The van der Waals surface area contributed by atoms with E-state index in [2.05, 4.69) is 23.3 Å². The first-order valence-electron chi connectivity index (χ1n) is 5.95. The molecule has 0 fully saturated rings. The van der Waals surface area contributed by atoms with Gasteiger partial charge in [0.15, 0.2) is 0 Å². The first kappa shape index (κ1) is 12.7. The van der Waals surface area contributed by atoms with E-state index in [1.54, 1.807) is 11.3 Å². The molecule has 2 rings (SSSR count). The van der Waals surface area contributed by atoms with Gasteiger partial charge in [-0.15, -0.1) is 11.3 Å². The van der Waals surface area contributed by atoms with Crippen LogP contribution in [0, 0.1) is 11.3 Å². The van der Waals surface area contributed by atoms with Gasteiger partial charge in [-0.2, -0.15) is 5.26 Å². The fourth-order valence-corrected chi connectivity index (χ4v) is 2.60. The molecule has 0 spiro atoms. The summed E-state index contributed by atoms with van der Waals surface area (Å²) in [6.07, 6.45) is 2.84. The molecule has 0 saturated carbocycles. The SMILES string of the molecule is CCC(NCc1cccc(C#N)c1)c1nccs1. The minimum atomic E-state index is 0.288. The van der Waals surface area contributed by atoms with Crippen LogP contribution in [0.25, 0.3) is 0 Å². The van der Waals surface area contributed by atoms with Gasteiger partial charge in [0.05, 0.1) is 17.7 Å². The monoisotopic (exact) mass is 257 g/mol. The van der Waals surface area contributed by atoms with Gasteiger partial charge in [0.2, 0.25) is 0 Å². The molecule has 2 aromatic rings. The minimum absolute atomic E-state index is 0.288. The summed E-state index contributed by atoms with van der Waals surface area (Å²) >= 11 is 1.67. The van der Waals surface area contributed by atoms with Crippen molar-refractivity contribution in [3.63, 3.8) is 0 Å².